The molecule has 5 nitrogen and oxygen atoms in total. The molecule has 1 heterocycles. The van der Waals surface area contributed by atoms with Gasteiger partial charge in [0, 0.05) is 0 Å². The minimum atomic E-state index is -3.76. The third-order valence-corrected chi connectivity index (χ3v) is 6.53. The molecule has 0 bridgehead atoms. The van der Waals surface area contributed by atoms with Crippen LogP contribution < -0.4 is 10.5 Å². The molecule has 1 aliphatic carbocycles. The van der Waals surface area contributed by atoms with Crippen LogP contribution in [0.4, 0.5) is 0 Å². The van der Waals surface area contributed by atoms with E-state index in [1.165, 1.54) is 23.3 Å². The highest BCUT2D eigenvalue weighted by Gasteiger charge is 2.23. The summed E-state index contributed by atoms with van der Waals surface area (Å²) in [5.74, 6) is -0.261. The van der Waals surface area contributed by atoms with Crippen LogP contribution in [-0.4, -0.2) is 14.3 Å². The summed E-state index contributed by atoms with van der Waals surface area (Å²) in [5.41, 5.74) is 3.64. The predicted molar refractivity (Wildman–Crippen MR) is 90.0 cm³/mol. The molecule has 0 spiro atoms. The van der Waals surface area contributed by atoms with Crippen LogP contribution >= 0.6 is 11.3 Å². The number of nitrogens with two attached hydrogens (primary N) is 1. The van der Waals surface area contributed by atoms with Gasteiger partial charge >= 0.3 is 0 Å². The number of hydrogen-bond acceptors (Lipinski definition) is 4. The van der Waals surface area contributed by atoms with Gasteiger partial charge in [0.25, 0.3) is 5.91 Å². The Morgan fingerprint density at radius 2 is 2.09 bits per heavy atom. The van der Waals surface area contributed by atoms with Gasteiger partial charge in [0.1, 0.15) is 4.21 Å². The van der Waals surface area contributed by atoms with E-state index in [9.17, 15) is 13.2 Å². The largest absolute Gasteiger partial charge is 0.345 e. The lowest BCUT2D eigenvalue weighted by Crippen LogP contribution is -2.30. The highest BCUT2D eigenvalue weighted by molar-refractivity contribution is 7.91. The summed E-state index contributed by atoms with van der Waals surface area (Å²) in [6.07, 6.45) is 2.93. The van der Waals surface area contributed by atoms with Crippen molar-refractivity contribution in [2.24, 2.45) is 5.14 Å². The van der Waals surface area contributed by atoms with Crippen molar-refractivity contribution >= 4 is 27.3 Å². The average Bonchev–Trinajstić information content (AvgIpc) is 2.97. The molecule has 7 heteroatoms. The maximum absolute atomic E-state index is 12.4. The Morgan fingerprint density at radius 3 is 2.78 bits per heavy atom. The fourth-order valence-corrected chi connectivity index (χ4v) is 4.55. The smallest absolute Gasteiger partial charge is 0.261 e. The number of carbonyl (C=O) groups is 1. The molecular formula is C16H18N2O3S2. The Bertz CT molecular complexity index is 856. The highest BCUT2D eigenvalue weighted by atomic mass is 32.2. The molecule has 1 aromatic carbocycles. The molecule has 0 unspecified atom stereocenters. The summed E-state index contributed by atoms with van der Waals surface area (Å²) in [6, 6.07) is 9.11. The van der Waals surface area contributed by atoms with Crippen molar-refractivity contribution in [3.63, 3.8) is 0 Å². The second-order valence-electron chi connectivity index (χ2n) is 5.78. The van der Waals surface area contributed by atoms with E-state index in [1.807, 2.05) is 6.07 Å². The van der Waals surface area contributed by atoms with Crippen LogP contribution in [-0.2, 0) is 16.4 Å². The molecule has 0 radical (unpaired) electrons. The standard InChI is InChI=1S/C16H18N2O3S2/c1-10-5-6-12-11(9-10)3-2-4-13(12)18-16(19)14-7-8-15(22-14)23(17,20)21/h5-9,13H,2-4H2,1H3,(H,18,19)(H2,17,20,21)/t13-/m0/s1. The first kappa shape index (κ1) is 16.2. The molecule has 0 saturated carbocycles. The van der Waals surface area contributed by atoms with Gasteiger partial charge in [-0.2, -0.15) is 0 Å². The first-order chi connectivity index (χ1) is 10.8. The Labute approximate surface area is 139 Å². The zero-order valence-corrected chi connectivity index (χ0v) is 14.3. The molecule has 1 aromatic heterocycles. The van der Waals surface area contributed by atoms with Gasteiger partial charge < -0.3 is 5.32 Å². The fraction of sp³-hybridized carbons (Fsp3) is 0.312. The van der Waals surface area contributed by atoms with Crippen LogP contribution in [0.5, 0.6) is 0 Å². The number of amides is 1. The topological polar surface area (TPSA) is 89.3 Å². The molecule has 3 N–H and O–H groups in total. The zero-order valence-electron chi connectivity index (χ0n) is 12.7. The van der Waals surface area contributed by atoms with E-state index >= 15 is 0 Å². The zero-order chi connectivity index (χ0) is 16.6. The number of aryl methyl sites for hydroxylation is 2. The van der Waals surface area contributed by atoms with Gasteiger partial charge in [-0.05, 0) is 49.4 Å². The molecule has 122 valence electrons. The van der Waals surface area contributed by atoms with E-state index in [4.69, 9.17) is 5.14 Å². The summed E-state index contributed by atoms with van der Waals surface area (Å²) < 4.78 is 22.6. The maximum atomic E-state index is 12.4. The molecule has 2 aromatic rings. The van der Waals surface area contributed by atoms with Crippen LogP contribution in [0.25, 0.3) is 0 Å². The van der Waals surface area contributed by atoms with Crippen LogP contribution in [0.15, 0.2) is 34.5 Å². The number of sulfonamides is 1. The fourth-order valence-electron chi connectivity index (χ4n) is 2.92. The van der Waals surface area contributed by atoms with Gasteiger partial charge in [0.2, 0.25) is 10.0 Å². The second kappa shape index (κ2) is 6.07. The Kier molecular flexibility index (Phi) is 4.27. The van der Waals surface area contributed by atoms with E-state index in [-0.39, 0.29) is 16.2 Å². The minimum Gasteiger partial charge on any atom is -0.345 e. The van der Waals surface area contributed by atoms with Crippen molar-refractivity contribution in [2.75, 3.05) is 0 Å². The van der Waals surface area contributed by atoms with E-state index < -0.39 is 10.0 Å². The van der Waals surface area contributed by atoms with E-state index in [2.05, 4.69) is 24.4 Å². The number of carbonyl (C=O) groups excluding carboxylic acids is 1. The summed E-state index contributed by atoms with van der Waals surface area (Å²) in [5, 5.41) is 8.09. The molecule has 1 amide bonds. The number of rotatable bonds is 3. The van der Waals surface area contributed by atoms with Crippen LogP contribution in [0, 0.1) is 6.92 Å². The third kappa shape index (κ3) is 3.46. The second-order valence-corrected chi connectivity index (χ2v) is 8.66. The number of fused-ring (bicyclic) bond motifs is 1. The van der Waals surface area contributed by atoms with Gasteiger partial charge in [0.05, 0.1) is 10.9 Å². The Morgan fingerprint density at radius 1 is 1.30 bits per heavy atom. The van der Waals surface area contributed by atoms with Crippen LogP contribution in [0.2, 0.25) is 0 Å². The quantitative estimate of drug-likeness (QED) is 0.891. The van der Waals surface area contributed by atoms with Gasteiger partial charge in [-0.1, -0.05) is 23.8 Å². The van der Waals surface area contributed by atoms with Crippen molar-refractivity contribution in [3.8, 4) is 0 Å². The molecule has 23 heavy (non-hydrogen) atoms. The van der Waals surface area contributed by atoms with Gasteiger partial charge in [-0.15, -0.1) is 11.3 Å². The van der Waals surface area contributed by atoms with E-state index in [0.29, 0.717) is 4.88 Å². The number of thiophene rings is 1. The molecule has 1 aliphatic rings. The number of benzene rings is 1. The summed E-state index contributed by atoms with van der Waals surface area (Å²) in [7, 11) is -3.76. The summed E-state index contributed by atoms with van der Waals surface area (Å²) in [6.45, 7) is 2.06. The van der Waals surface area contributed by atoms with Crippen molar-refractivity contribution in [3.05, 3.63) is 51.9 Å². The molecule has 1 atom stereocenters. The van der Waals surface area contributed by atoms with Gasteiger partial charge in [0.15, 0.2) is 0 Å². The molecular weight excluding hydrogens is 332 g/mol. The first-order valence-electron chi connectivity index (χ1n) is 7.37. The highest BCUT2D eigenvalue weighted by Crippen LogP contribution is 2.31. The summed E-state index contributed by atoms with van der Waals surface area (Å²) >= 11 is 0.895. The Hall–Kier alpha value is -1.70. The number of hydrogen-bond donors (Lipinski definition) is 2. The number of nitrogens with one attached hydrogen (secondary N) is 1. The lowest BCUT2D eigenvalue weighted by molar-refractivity contribution is 0.0937. The monoisotopic (exact) mass is 350 g/mol. The predicted octanol–water partition coefficient (Wildman–Crippen LogP) is 2.51. The lowest BCUT2D eigenvalue weighted by atomic mass is 9.86. The third-order valence-electron chi connectivity index (χ3n) is 4.00. The average molecular weight is 350 g/mol. The minimum absolute atomic E-state index is 0.00215. The van der Waals surface area contributed by atoms with Crippen LogP contribution in [0.3, 0.4) is 0 Å². The number of primary sulfonamides is 1. The lowest BCUT2D eigenvalue weighted by Gasteiger charge is -2.26. The normalized spacial score (nSPS) is 17.6. The van der Waals surface area contributed by atoms with E-state index in [1.54, 1.807) is 0 Å². The molecule has 0 fully saturated rings. The molecule has 0 aliphatic heterocycles. The summed E-state index contributed by atoms with van der Waals surface area (Å²) in [4.78, 5) is 12.7. The van der Waals surface area contributed by atoms with Crippen molar-refractivity contribution in [1.82, 2.24) is 5.32 Å². The molecule has 0 saturated heterocycles. The SMILES string of the molecule is Cc1ccc2c(c1)CCC[C@@H]2NC(=O)c1ccc(S(N)(=O)=O)s1. The van der Waals surface area contributed by atoms with Crippen molar-refractivity contribution in [2.45, 2.75) is 36.4 Å². The van der Waals surface area contributed by atoms with Crippen molar-refractivity contribution in [1.29, 1.82) is 0 Å². The maximum Gasteiger partial charge on any atom is 0.261 e. The Balaban J connectivity index is 1.81. The van der Waals surface area contributed by atoms with Gasteiger partial charge in [-0.25, -0.2) is 13.6 Å². The van der Waals surface area contributed by atoms with Crippen molar-refractivity contribution < 1.29 is 13.2 Å². The first-order valence-corrected chi connectivity index (χ1v) is 9.74. The van der Waals surface area contributed by atoms with Crippen LogP contribution in [0.1, 0.15) is 45.2 Å². The molecule has 3 rings (SSSR count). The van der Waals surface area contributed by atoms with Gasteiger partial charge in [-0.3, -0.25) is 4.79 Å². The van der Waals surface area contributed by atoms with E-state index in [0.717, 1.165) is 36.2 Å².